The molecule has 2 rings (SSSR count). The first kappa shape index (κ1) is 14.8. The van der Waals surface area contributed by atoms with Gasteiger partial charge < -0.3 is 0 Å². The number of carbonyl (C=O) groups excluding carboxylic acids is 1. The van der Waals surface area contributed by atoms with Crippen LogP contribution in [0.5, 0.6) is 0 Å². The Morgan fingerprint density at radius 1 is 1.14 bits per heavy atom. The van der Waals surface area contributed by atoms with Crippen LogP contribution in [0.3, 0.4) is 0 Å². The highest BCUT2D eigenvalue weighted by molar-refractivity contribution is 7.92. The molecule has 0 N–H and O–H groups in total. The average molecular weight is 300 g/mol. The van der Waals surface area contributed by atoms with E-state index < -0.39 is 10.0 Å². The number of aldehydes is 1. The van der Waals surface area contributed by atoms with Gasteiger partial charge in [-0.3, -0.25) is 9.10 Å². The first-order valence-corrected chi connectivity index (χ1v) is 7.48. The monoisotopic (exact) mass is 300 g/mol. The van der Waals surface area contributed by atoms with Crippen molar-refractivity contribution in [1.82, 2.24) is 0 Å². The Kier molecular flexibility index (Phi) is 4.05. The molecular weight excluding hydrogens is 288 g/mol. The van der Waals surface area contributed by atoms with Crippen LogP contribution in [0.4, 0.5) is 5.69 Å². The van der Waals surface area contributed by atoms with E-state index in [4.69, 9.17) is 5.26 Å². The van der Waals surface area contributed by atoms with Crippen molar-refractivity contribution in [1.29, 1.82) is 5.26 Å². The summed E-state index contributed by atoms with van der Waals surface area (Å²) in [6.45, 7) is 0. The standard InChI is InChI=1S/C15H12N2O3S/c1-17(14-7-4-5-12(9-14)10-16)21(19,20)15-8-3-2-6-13(15)11-18/h2-9,11H,1H3. The number of nitrogens with zero attached hydrogens (tertiary/aromatic N) is 2. The molecule has 0 unspecified atom stereocenters. The smallest absolute Gasteiger partial charge is 0.264 e. The van der Waals surface area contributed by atoms with Gasteiger partial charge in [-0.15, -0.1) is 0 Å². The molecule has 106 valence electrons. The van der Waals surface area contributed by atoms with Crippen LogP contribution in [-0.4, -0.2) is 21.8 Å². The molecule has 0 bridgehead atoms. The molecule has 21 heavy (non-hydrogen) atoms. The van der Waals surface area contributed by atoms with E-state index in [1.807, 2.05) is 6.07 Å². The lowest BCUT2D eigenvalue weighted by molar-refractivity contribution is 0.112. The summed E-state index contributed by atoms with van der Waals surface area (Å²) >= 11 is 0. The Hall–Kier alpha value is -2.65. The van der Waals surface area contributed by atoms with Crippen molar-refractivity contribution in [3.8, 4) is 6.07 Å². The molecule has 0 heterocycles. The maximum Gasteiger partial charge on any atom is 0.264 e. The normalized spacial score (nSPS) is 10.7. The van der Waals surface area contributed by atoms with Gasteiger partial charge in [0.05, 0.1) is 22.2 Å². The lowest BCUT2D eigenvalue weighted by Crippen LogP contribution is -2.27. The summed E-state index contributed by atoms with van der Waals surface area (Å²) in [7, 11) is -2.48. The molecule has 2 aromatic rings. The Labute approximate surface area is 123 Å². The van der Waals surface area contributed by atoms with E-state index in [1.54, 1.807) is 30.3 Å². The number of sulfonamides is 1. The van der Waals surface area contributed by atoms with Crippen LogP contribution >= 0.6 is 0 Å². The molecule has 5 nitrogen and oxygen atoms in total. The largest absolute Gasteiger partial charge is 0.298 e. The summed E-state index contributed by atoms with van der Waals surface area (Å²) in [5.74, 6) is 0. The number of nitriles is 1. The van der Waals surface area contributed by atoms with E-state index in [1.165, 1.54) is 25.2 Å². The van der Waals surface area contributed by atoms with Gasteiger partial charge in [0.15, 0.2) is 6.29 Å². The fraction of sp³-hybridized carbons (Fsp3) is 0.0667. The number of rotatable bonds is 4. The predicted octanol–water partition coefficient (Wildman–Crippen LogP) is 2.20. The van der Waals surface area contributed by atoms with E-state index in [2.05, 4.69) is 0 Å². The van der Waals surface area contributed by atoms with E-state index in [0.29, 0.717) is 17.5 Å². The van der Waals surface area contributed by atoms with Crippen molar-refractivity contribution in [2.75, 3.05) is 11.4 Å². The van der Waals surface area contributed by atoms with Crippen molar-refractivity contribution >= 4 is 22.0 Å². The Bertz CT molecular complexity index is 823. The van der Waals surface area contributed by atoms with Crippen LogP contribution in [0, 0.1) is 11.3 Å². The third kappa shape index (κ3) is 2.78. The van der Waals surface area contributed by atoms with Crippen molar-refractivity contribution in [3.63, 3.8) is 0 Å². The average Bonchev–Trinajstić information content (AvgIpc) is 2.54. The minimum atomic E-state index is -3.87. The fourth-order valence-corrected chi connectivity index (χ4v) is 3.22. The number of benzene rings is 2. The highest BCUT2D eigenvalue weighted by Crippen LogP contribution is 2.24. The maximum atomic E-state index is 12.6. The molecule has 0 radical (unpaired) electrons. The minimum Gasteiger partial charge on any atom is -0.298 e. The zero-order chi connectivity index (χ0) is 15.5. The van der Waals surface area contributed by atoms with Crippen molar-refractivity contribution in [2.24, 2.45) is 0 Å². The predicted molar refractivity (Wildman–Crippen MR) is 78.6 cm³/mol. The molecular formula is C15H12N2O3S. The van der Waals surface area contributed by atoms with E-state index in [0.717, 1.165) is 4.31 Å². The molecule has 0 aromatic heterocycles. The van der Waals surface area contributed by atoms with Crippen molar-refractivity contribution in [3.05, 3.63) is 59.7 Å². The second kappa shape index (κ2) is 5.77. The van der Waals surface area contributed by atoms with Gasteiger partial charge in [-0.25, -0.2) is 8.42 Å². The van der Waals surface area contributed by atoms with Gasteiger partial charge in [-0.05, 0) is 24.3 Å². The van der Waals surface area contributed by atoms with Crippen LogP contribution < -0.4 is 4.31 Å². The highest BCUT2D eigenvalue weighted by atomic mass is 32.2. The van der Waals surface area contributed by atoms with Gasteiger partial charge in [0.1, 0.15) is 0 Å². The number of carbonyl (C=O) groups is 1. The molecule has 0 aliphatic carbocycles. The first-order valence-electron chi connectivity index (χ1n) is 6.04. The topological polar surface area (TPSA) is 78.2 Å². The molecule has 0 spiro atoms. The highest BCUT2D eigenvalue weighted by Gasteiger charge is 2.24. The summed E-state index contributed by atoms with van der Waals surface area (Å²) < 4.78 is 26.2. The minimum absolute atomic E-state index is 0.0649. The zero-order valence-corrected chi connectivity index (χ0v) is 12.0. The maximum absolute atomic E-state index is 12.6. The number of anilines is 1. The fourth-order valence-electron chi connectivity index (χ4n) is 1.87. The third-order valence-corrected chi connectivity index (χ3v) is 4.88. The van der Waals surface area contributed by atoms with Crippen LogP contribution in [0.1, 0.15) is 15.9 Å². The van der Waals surface area contributed by atoms with Gasteiger partial charge in [0.25, 0.3) is 10.0 Å². The molecule has 0 atom stereocenters. The Morgan fingerprint density at radius 3 is 2.52 bits per heavy atom. The van der Waals surface area contributed by atoms with Crippen LogP contribution in [0.15, 0.2) is 53.4 Å². The molecule has 0 saturated carbocycles. The molecule has 2 aromatic carbocycles. The van der Waals surface area contributed by atoms with Crippen molar-refractivity contribution in [2.45, 2.75) is 4.90 Å². The van der Waals surface area contributed by atoms with Crippen LogP contribution in [-0.2, 0) is 10.0 Å². The second-order valence-electron chi connectivity index (χ2n) is 4.29. The molecule has 6 heteroatoms. The Balaban J connectivity index is 2.53. The summed E-state index contributed by atoms with van der Waals surface area (Å²) in [6.07, 6.45) is 0.506. The van der Waals surface area contributed by atoms with Gasteiger partial charge in [0, 0.05) is 12.6 Å². The summed E-state index contributed by atoms with van der Waals surface area (Å²) in [5.41, 5.74) is 0.814. The van der Waals surface area contributed by atoms with Gasteiger partial charge in [0.2, 0.25) is 0 Å². The van der Waals surface area contributed by atoms with Gasteiger partial charge in [-0.1, -0.05) is 24.3 Å². The van der Waals surface area contributed by atoms with E-state index in [-0.39, 0.29) is 10.5 Å². The summed E-state index contributed by atoms with van der Waals surface area (Å²) in [4.78, 5) is 10.9. The lowest BCUT2D eigenvalue weighted by atomic mass is 10.2. The Morgan fingerprint density at radius 2 is 1.86 bits per heavy atom. The SMILES string of the molecule is CN(c1cccc(C#N)c1)S(=O)(=O)c1ccccc1C=O. The number of hydrogen-bond donors (Lipinski definition) is 0. The second-order valence-corrected chi connectivity index (χ2v) is 6.23. The molecule has 0 amide bonds. The van der Waals surface area contributed by atoms with Crippen LogP contribution in [0.25, 0.3) is 0 Å². The molecule has 0 saturated heterocycles. The zero-order valence-electron chi connectivity index (χ0n) is 11.2. The van der Waals surface area contributed by atoms with Crippen molar-refractivity contribution < 1.29 is 13.2 Å². The third-order valence-electron chi connectivity index (χ3n) is 3.02. The number of hydrogen-bond acceptors (Lipinski definition) is 4. The summed E-state index contributed by atoms with van der Waals surface area (Å²) in [5, 5.41) is 8.88. The van der Waals surface area contributed by atoms with Gasteiger partial charge >= 0.3 is 0 Å². The van der Waals surface area contributed by atoms with Crippen LogP contribution in [0.2, 0.25) is 0 Å². The van der Waals surface area contributed by atoms with E-state index in [9.17, 15) is 13.2 Å². The first-order chi connectivity index (χ1) is 10.0. The lowest BCUT2D eigenvalue weighted by Gasteiger charge is -2.20. The molecule has 0 aliphatic rings. The van der Waals surface area contributed by atoms with E-state index >= 15 is 0 Å². The quantitative estimate of drug-likeness (QED) is 0.811. The summed E-state index contributed by atoms with van der Waals surface area (Å²) in [6, 6.07) is 14.2. The molecule has 0 aliphatic heterocycles. The molecule has 0 fully saturated rings. The van der Waals surface area contributed by atoms with Gasteiger partial charge in [-0.2, -0.15) is 5.26 Å².